The number of halogens is 2. The average Bonchev–Trinajstić information content (AvgIpc) is 3.06. The van der Waals surface area contributed by atoms with Gasteiger partial charge in [0.15, 0.2) is 11.5 Å². The molecule has 1 fully saturated rings. The zero-order valence-electron chi connectivity index (χ0n) is 12.1. The summed E-state index contributed by atoms with van der Waals surface area (Å²) in [6, 6.07) is 4.18. The van der Waals surface area contributed by atoms with Crippen molar-refractivity contribution in [3.05, 3.63) is 36.2 Å². The highest BCUT2D eigenvalue weighted by Crippen LogP contribution is 2.48. The van der Waals surface area contributed by atoms with Crippen LogP contribution < -0.4 is 14.8 Å². The molecule has 23 heavy (non-hydrogen) atoms. The Morgan fingerprint density at radius 2 is 2.17 bits per heavy atom. The standard InChI is InChI=1S/C15H13F2N3O3/c1-20-7-8(6-18-20)10-5-11(10)14(21)19-9-2-3-12-13(4-9)23-15(16,17)22-12/h2-4,6-7,10-11H,5H2,1H3,(H,19,21)/t10-,11-/m1/s1. The molecule has 8 heteroatoms. The third-order valence-corrected chi connectivity index (χ3v) is 3.95. The number of ether oxygens (including phenoxy) is 2. The number of alkyl halides is 2. The summed E-state index contributed by atoms with van der Waals surface area (Å²) in [6.07, 6.45) is 0.730. The molecule has 2 atom stereocenters. The van der Waals surface area contributed by atoms with Crippen LogP contribution in [0.1, 0.15) is 17.9 Å². The fourth-order valence-corrected chi connectivity index (χ4v) is 2.75. The second-order valence-electron chi connectivity index (χ2n) is 5.71. The number of carbonyl (C=O) groups excluding carboxylic acids is 1. The molecular formula is C15H13F2N3O3. The van der Waals surface area contributed by atoms with Crippen LogP contribution in [0, 0.1) is 5.92 Å². The number of carbonyl (C=O) groups is 1. The molecule has 1 amide bonds. The van der Waals surface area contributed by atoms with Gasteiger partial charge in [0.25, 0.3) is 0 Å². The van der Waals surface area contributed by atoms with E-state index in [0.29, 0.717) is 5.69 Å². The molecule has 1 aliphatic heterocycles. The number of nitrogens with one attached hydrogen (secondary N) is 1. The molecule has 6 nitrogen and oxygen atoms in total. The zero-order valence-corrected chi connectivity index (χ0v) is 12.1. The van der Waals surface area contributed by atoms with Crippen LogP contribution >= 0.6 is 0 Å². The first-order chi connectivity index (χ1) is 10.9. The molecule has 120 valence electrons. The molecule has 2 aliphatic rings. The summed E-state index contributed by atoms with van der Waals surface area (Å²) in [5.74, 6) is -0.266. The van der Waals surface area contributed by atoms with E-state index in [-0.39, 0.29) is 29.2 Å². The normalized spacial score (nSPS) is 23.6. The molecule has 1 saturated carbocycles. The summed E-state index contributed by atoms with van der Waals surface area (Å²) >= 11 is 0. The van der Waals surface area contributed by atoms with Gasteiger partial charge in [-0.2, -0.15) is 5.10 Å². The third-order valence-electron chi connectivity index (χ3n) is 3.95. The maximum Gasteiger partial charge on any atom is 0.586 e. The highest BCUT2D eigenvalue weighted by atomic mass is 19.3. The Bertz CT molecular complexity index is 790. The molecular weight excluding hydrogens is 308 g/mol. The molecule has 1 N–H and O–H groups in total. The summed E-state index contributed by atoms with van der Waals surface area (Å²) in [7, 11) is 1.82. The molecule has 0 bridgehead atoms. The van der Waals surface area contributed by atoms with Crippen LogP contribution in [0.2, 0.25) is 0 Å². The number of benzene rings is 1. The lowest BCUT2D eigenvalue weighted by atomic mass is 10.2. The first-order valence-electron chi connectivity index (χ1n) is 7.10. The summed E-state index contributed by atoms with van der Waals surface area (Å²) in [5.41, 5.74) is 1.42. The molecule has 2 aromatic rings. The Morgan fingerprint density at radius 1 is 1.39 bits per heavy atom. The summed E-state index contributed by atoms with van der Waals surface area (Å²) in [5, 5.41) is 6.81. The van der Waals surface area contributed by atoms with Crippen LogP contribution in [0.4, 0.5) is 14.5 Å². The number of nitrogens with zero attached hydrogens (tertiary/aromatic N) is 2. The van der Waals surface area contributed by atoms with Crippen LogP contribution in [0.15, 0.2) is 30.6 Å². The van der Waals surface area contributed by atoms with E-state index in [1.807, 2.05) is 13.2 Å². The van der Waals surface area contributed by atoms with E-state index in [1.54, 1.807) is 10.9 Å². The largest absolute Gasteiger partial charge is 0.586 e. The van der Waals surface area contributed by atoms with Gasteiger partial charge in [-0.3, -0.25) is 9.48 Å². The van der Waals surface area contributed by atoms with Crippen molar-refractivity contribution in [3.8, 4) is 11.5 Å². The van der Waals surface area contributed by atoms with E-state index in [2.05, 4.69) is 19.9 Å². The van der Waals surface area contributed by atoms with Crippen LogP contribution in [0.25, 0.3) is 0 Å². The number of fused-ring (bicyclic) bond motifs is 1. The second kappa shape index (κ2) is 4.68. The maximum atomic E-state index is 13.0. The Balaban J connectivity index is 1.43. The van der Waals surface area contributed by atoms with E-state index < -0.39 is 6.29 Å². The Labute approximate surface area is 130 Å². The van der Waals surface area contributed by atoms with Gasteiger partial charge in [0.05, 0.1) is 6.20 Å². The van der Waals surface area contributed by atoms with Crippen LogP contribution in [0.3, 0.4) is 0 Å². The van der Waals surface area contributed by atoms with Gasteiger partial charge >= 0.3 is 6.29 Å². The second-order valence-corrected chi connectivity index (χ2v) is 5.71. The predicted molar refractivity (Wildman–Crippen MR) is 75.3 cm³/mol. The number of anilines is 1. The summed E-state index contributed by atoms with van der Waals surface area (Å²) in [4.78, 5) is 12.2. The van der Waals surface area contributed by atoms with Crippen LogP contribution in [-0.2, 0) is 11.8 Å². The van der Waals surface area contributed by atoms with Crippen molar-refractivity contribution < 1.29 is 23.0 Å². The molecule has 0 saturated heterocycles. The van der Waals surface area contributed by atoms with Gasteiger partial charge in [0, 0.05) is 30.9 Å². The quantitative estimate of drug-likeness (QED) is 0.943. The predicted octanol–water partition coefficient (Wildman–Crippen LogP) is 2.48. The van der Waals surface area contributed by atoms with Gasteiger partial charge in [-0.05, 0) is 30.0 Å². The van der Waals surface area contributed by atoms with Crippen molar-refractivity contribution in [3.63, 3.8) is 0 Å². The van der Waals surface area contributed by atoms with E-state index in [9.17, 15) is 13.6 Å². The zero-order chi connectivity index (χ0) is 16.2. The fourth-order valence-electron chi connectivity index (χ4n) is 2.75. The Hall–Kier alpha value is -2.64. The van der Waals surface area contributed by atoms with Gasteiger partial charge in [-0.1, -0.05) is 0 Å². The van der Waals surface area contributed by atoms with Gasteiger partial charge in [-0.25, -0.2) is 0 Å². The first kappa shape index (κ1) is 14.0. The third kappa shape index (κ3) is 2.60. The van der Waals surface area contributed by atoms with Gasteiger partial charge in [0.2, 0.25) is 5.91 Å². The highest BCUT2D eigenvalue weighted by Gasteiger charge is 2.45. The molecule has 1 aromatic carbocycles. The van der Waals surface area contributed by atoms with Crippen LogP contribution in [0.5, 0.6) is 11.5 Å². The number of aromatic nitrogens is 2. The molecule has 0 radical (unpaired) electrons. The average molecular weight is 321 g/mol. The lowest BCUT2D eigenvalue weighted by Gasteiger charge is -2.05. The summed E-state index contributed by atoms with van der Waals surface area (Å²) < 4.78 is 36.3. The highest BCUT2D eigenvalue weighted by molar-refractivity contribution is 5.95. The van der Waals surface area contributed by atoms with Gasteiger partial charge in [0.1, 0.15) is 0 Å². The SMILES string of the molecule is Cn1cc([C@H]2C[C@H]2C(=O)Nc2ccc3c(c2)OC(F)(F)O3)cn1. The Morgan fingerprint density at radius 3 is 2.91 bits per heavy atom. The van der Waals surface area contributed by atoms with Crippen molar-refractivity contribution in [1.29, 1.82) is 0 Å². The van der Waals surface area contributed by atoms with E-state index >= 15 is 0 Å². The molecule has 1 aliphatic carbocycles. The van der Waals surface area contributed by atoms with Crippen molar-refractivity contribution in [2.24, 2.45) is 13.0 Å². The Kier molecular flexibility index (Phi) is 2.84. The van der Waals surface area contributed by atoms with Crippen molar-refractivity contribution in [1.82, 2.24) is 9.78 Å². The minimum Gasteiger partial charge on any atom is -0.395 e. The number of hydrogen-bond acceptors (Lipinski definition) is 4. The monoisotopic (exact) mass is 321 g/mol. The molecule has 0 unspecified atom stereocenters. The van der Waals surface area contributed by atoms with Crippen molar-refractivity contribution in [2.75, 3.05) is 5.32 Å². The number of amides is 1. The molecule has 2 heterocycles. The number of rotatable bonds is 3. The lowest BCUT2D eigenvalue weighted by Crippen LogP contribution is -2.25. The molecule has 1 aromatic heterocycles. The minimum atomic E-state index is -3.66. The summed E-state index contributed by atoms with van der Waals surface area (Å²) in [6.45, 7) is 0. The number of aryl methyl sites for hydroxylation is 1. The first-order valence-corrected chi connectivity index (χ1v) is 7.10. The molecule has 0 spiro atoms. The number of hydrogen-bond donors (Lipinski definition) is 1. The smallest absolute Gasteiger partial charge is 0.395 e. The minimum absolute atomic E-state index is 0.0485. The van der Waals surface area contributed by atoms with Gasteiger partial charge in [-0.15, -0.1) is 8.78 Å². The van der Waals surface area contributed by atoms with Gasteiger partial charge < -0.3 is 14.8 Å². The van der Waals surface area contributed by atoms with E-state index in [1.165, 1.54) is 18.2 Å². The lowest BCUT2D eigenvalue weighted by molar-refractivity contribution is -0.286. The molecule has 4 rings (SSSR count). The van der Waals surface area contributed by atoms with E-state index in [0.717, 1.165) is 12.0 Å². The fraction of sp³-hybridized carbons (Fsp3) is 0.333. The van der Waals surface area contributed by atoms with Crippen molar-refractivity contribution >= 4 is 11.6 Å². The van der Waals surface area contributed by atoms with Crippen LogP contribution in [-0.4, -0.2) is 22.0 Å². The topological polar surface area (TPSA) is 65.4 Å². The van der Waals surface area contributed by atoms with Crippen molar-refractivity contribution in [2.45, 2.75) is 18.6 Å². The van der Waals surface area contributed by atoms with E-state index in [4.69, 9.17) is 0 Å². The maximum absolute atomic E-state index is 13.0.